The number of benzene rings is 2. The standard InChI is InChI=1S/C22H23N3O6S/c1-5-31-18-8-13(6-7-17(18)30-4)9-19(21(26)27)32-22-23-20(24-25-22)14-10-15(28-2)12-16(11-14)29-3/h6-12H,5H2,1-4H3,(H,26,27)(H,23,24,25)/b19-9-. The summed E-state index contributed by atoms with van der Waals surface area (Å²) in [6.07, 6.45) is 1.53. The van der Waals surface area contributed by atoms with Gasteiger partial charge in [-0.25, -0.2) is 9.78 Å². The van der Waals surface area contributed by atoms with Crippen molar-refractivity contribution in [2.45, 2.75) is 12.1 Å². The molecule has 32 heavy (non-hydrogen) atoms. The number of aromatic nitrogens is 3. The third-order valence-corrected chi connectivity index (χ3v) is 5.16. The third-order valence-electron chi connectivity index (χ3n) is 4.29. The van der Waals surface area contributed by atoms with E-state index in [0.717, 1.165) is 11.8 Å². The van der Waals surface area contributed by atoms with E-state index >= 15 is 0 Å². The zero-order valence-corrected chi connectivity index (χ0v) is 18.9. The Bertz CT molecular complexity index is 1110. The van der Waals surface area contributed by atoms with Crippen molar-refractivity contribution in [2.75, 3.05) is 27.9 Å². The van der Waals surface area contributed by atoms with Crippen LogP contribution in [0.25, 0.3) is 17.5 Å². The second-order valence-corrected chi connectivity index (χ2v) is 7.34. The minimum Gasteiger partial charge on any atom is -0.497 e. The van der Waals surface area contributed by atoms with Crippen LogP contribution in [0.5, 0.6) is 23.0 Å². The number of hydrogen-bond donors (Lipinski definition) is 2. The Labute approximate surface area is 189 Å². The summed E-state index contributed by atoms with van der Waals surface area (Å²) in [5, 5.41) is 16.9. The predicted molar refractivity (Wildman–Crippen MR) is 121 cm³/mol. The van der Waals surface area contributed by atoms with Crippen LogP contribution in [0, 0.1) is 0 Å². The molecule has 0 bridgehead atoms. The number of methoxy groups -OCH3 is 3. The van der Waals surface area contributed by atoms with Crippen LogP contribution in [0.4, 0.5) is 0 Å². The fraction of sp³-hybridized carbons (Fsp3) is 0.227. The largest absolute Gasteiger partial charge is 0.497 e. The maximum atomic E-state index is 11.8. The van der Waals surface area contributed by atoms with Gasteiger partial charge in [-0.2, -0.15) is 0 Å². The Kier molecular flexibility index (Phi) is 7.61. The zero-order valence-electron chi connectivity index (χ0n) is 18.0. The van der Waals surface area contributed by atoms with Crippen LogP contribution in [0.1, 0.15) is 12.5 Å². The SMILES string of the molecule is CCOc1cc(/C=C(\Sc2n[nH]c(-c3cc(OC)cc(OC)c3)n2)C(=O)O)ccc1OC. The van der Waals surface area contributed by atoms with E-state index in [1.54, 1.807) is 57.7 Å². The average Bonchev–Trinajstić information content (AvgIpc) is 3.27. The summed E-state index contributed by atoms with van der Waals surface area (Å²) in [6, 6.07) is 10.5. The van der Waals surface area contributed by atoms with Gasteiger partial charge in [-0.1, -0.05) is 6.07 Å². The molecule has 1 heterocycles. The Hall–Kier alpha value is -3.66. The molecule has 3 aromatic rings. The summed E-state index contributed by atoms with van der Waals surface area (Å²) < 4.78 is 21.4. The first-order valence-electron chi connectivity index (χ1n) is 9.56. The van der Waals surface area contributed by atoms with Gasteiger partial charge in [-0.05, 0) is 54.6 Å². The van der Waals surface area contributed by atoms with Gasteiger partial charge in [0.15, 0.2) is 17.3 Å². The molecule has 0 fully saturated rings. The van der Waals surface area contributed by atoms with Crippen LogP contribution >= 0.6 is 11.8 Å². The average molecular weight is 458 g/mol. The molecule has 10 heteroatoms. The second-order valence-electron chi connectivity index (χ2n) is 6.33. The number of rotatable bonds is 10. The van der Waals surface area contributed by atoms with E-state index in [0.29, 0.717) is 46.6 Å². The van der Waals surface area contributed by atoms with Crippen LogP contribution in [-0.2, 0) is 4.79 Å². The molecule has 2 N–H and O–H groups in total. The van der Waals surface area contributed by atoms with Crippen molar-refractivity contribution in [3.63, 3.8) is 0 Å². The van der Waals surface area contributed by atoms with Crippen molar-refractivity contribution in [1.82, 2.24) is 15.2 Å². The summed E-state index contributed by atoms with van der Waals surface area (Å²) in [4.78, 5) is 16.3. The van der Waals surface area contributed by atoms with Gasteiger partial charge < -0.3 is 24.1 Å². The highest BCUT2D eigenvalue weighted by atomic mass is 32.2. The van der Waals surface area contributed by atoms with E-state index in [1.807, 2.05) is 6.92 Å². The van der Waals surface area contributed by atoms with Crippen LogP contribution in [-0.4, -0.2) is 54.2 Å². The molecule has 0 amide bonds. The van der Waals surface area contributed by atoms with Crippen LogP contribution in [0.15, 0.2) is 46.5 Å². The normalized spacial score (nSPS) is 11.2. The van der Waals surface area contributed by atoms with Gasteiger partial charge in [0.05, 0.1) is 27.9 Å². The highest BCUT2D eigenvalue weighted by molar-refractivity contribution is 8.04. The lowest BCUT2D eigenvalue weighted by Crippen LogP contribution is -1.98. The first kappa shape index (κ1) is 23.0. The Morgan fingerprint density at radius 2 is 1.78 bits per heavy atom. The molecule has 1 aromatic heterocycles. The van der Waals surface area contributed by atoms with Gasteiger partial charge in [0.1, 0.15) is 16.4 Å². The summed E-state index contributed by atoms with van der Waals surface area (Å²) in [5.41, 5.74) is 1.34. The molecule has 0 spiro atoms. The number of carboxylic acids is 1. The first-order chi connectivity index (χ1) is 15.5. The lowest BCUT2D eigenvalue weighted by Gasteiger charge is -2.10. The lowest BCUT2D eigenvalue weighted by atomic mass is 10.2. The summed E-state index contributed by atoms with van der Waals surface area (Å²) >= 11 is 0.930. The van der Waals surface area contributed by atoms with E-state index in [9.17, 15) is 9.90 Å². The maximum Gasteiger partial charge on any atom is 0.342 e. The molecule has 0 atom stereocenters. The molecule has 0 aliphatic carbocycles. The number of H-pyrrole nitrogens is 1. The minimum atomic E-state index is -1.10. The van der Waals surface area contributed by atoms with Gasteiger partial charge in [-0.15, -0.1) is 5.10 Å². The number of aliphatic carboxylic acids is 1. The highest BCUT2D eigenvalue weighted by Gasteiger charge is 2.16. The number of nitrogens with one attached hydrogen (secondary N) is 1. The Morgan fingerprint density at radius 3 is 2.38 bits per heavy atom. The van der Waals surface area contributed by atoms with Crippen molar-refractivity contribution in [1.29, 1.82) is 0 Å². The predicted octanol–water partition coefficient (Wildman–Crippen LogP) is 4.11. The van der Waals surface area contributed by atoms with Crippen molar-refractivity contribution in [3.8, 4) is 34.4 Å². The molecule has 0 unspecified atom stereocenters. The van der Waals surface area contributed by atoms with Gasteiger partial charge in [0.2, 0.25) is 5.16 Å². The smallest absolute Gasteiger partial charge is 0.342 e. The molecule has 168 valence electrons. The first-order valence-corrected chi connectivity index (χ1v) is 10.4. The molecule has 2 aromatic carbocycles. The summed E-state index contributed by atoms with van der Waals surface area (Å²) in [7, 11) is 4.66. The Balaban J connectivity index is 1.88. The second kappa shape index (κ2) is 10.6. The summed E-state index contributed by atoms with van der Waals surface area (Å²) in [6.45, 7) is 2.32. The van der Waals surface area contributed by atoms with E-state index in [1.165, 1.54) is 6.08 Å². The number of carbonyl (C=O) groups is 1. The fourth-order valence-corrected chi connectivity index (χ4v) is 3.51. The molecule has 0 radical (unpaired) electrons. The molecule has 0 aliphatic rings. The molecule has 9 nitrogen and oxygen atoms in total. The van der Waals surface area contributed by atoms with Crippen LogP contribution < -0.4 is 18.9 Å². The third kappa shape index (κ3) is 5.52. The van der Waals surface area contributed by atoms with Crippen LogP contribution in [0.2, 0.25) is 0 Å². The zero-order chi connectivity index (χ0) is 23.1. The Morgan fingerprint density at radius 1 is 1.06 bits per heavy atom. The number of carboxylic acid groups (broad SMARTS) is 1. The maximum absolute atomic E-state index is 11.8. The molecule has 0 saturated carbocycles. The number of ether oxygens (including phenoxy) is 4. The van der Waals surface area contributed by atoms with Crippen molar-refractivity contribution >= 4 is 23.8 Å². The van der Waals surface area contributed by atoms with Gasteiger partial charge in [-0.3, -0.25) is 5.10 Å². The van der Waals surface area contributed by atoms with Gasteiger partial charge in [0.25, 0.3) is 0 Å². The monoisotopic (exact) mass is 457 g/mol. The molecular formula is C22H23N3O6S. The minimum absolute atomic E-state index is 0.0476. The number of thioether (sulfide) groups is 1. The number of hydrogen-bond acceptors (Lipinski definition) is 8. The highest BCUT2D eigenvalue weighted by Crippen LogP contribution is 2.33. The number of nitrogens with zero attached hydrogens (tertiary/aromatic N) is 2. The molecular weight excluding hydrogens is 434 g/mol. The van der Waals surface area contributed by atoms with E-state index in [2.05, 4.69) is 15.2 Å². The van der Waals surface area contributed by atoms with Crippen molar-refractivity contribution < 1.29 is 28.8 Å². The van der Waals surface area contributed by atoms with Crippen molar-refractivity contribution in [3.05, 3.63) is 46.9 Å². The van der Waals surface area contributed by atoms with Crippen molar-refractivity contribution in [2.24, 2.45) is 0 Å². The summed E-state index contributed by atoms with van der Waals surface area (Å²) in [5.74, 6) is 1.66. The van der Waals surface area contributed by atoms with Gasteiger partial charge >= 0.3 is 5.97 Å². The lowest BCUT2D eigenvalue weighted by molar-refractivity contribution is -0.131. The van der Waals surface area contributed by atoms with Crippen LogP contribution in [0.3, 0.4) is 0 Å². The molecule has 3 rings (SSSR count). The van der Waals surface area contributed by atoms with Gasteiger partial charge in [0, 0.05) is 11.6 Å². The molecule has 0 saturated heterocycles. The van der Waals surface area contributed by atoms with E-state index in [4.69, 9.17) is 18.9 Å². The topological polar surface area (TPSA) is 116 Å². The number of aromatic amines is 1. The molecule has 0 aliphatic heterocycles. The van der Waals surface area contributed by atoms with E-state index < -0.39 is 5.97 Å². The van der Waals surface area contributed by atoms with E-state index in [-0.39, 0.29) is 10.1 Å². The quantitative estimate of drug-likeness (QED) is 0.343. The fourth-order valence-electron chi connectivity index (χ4n) is 2.80.